The van der Waals surface area contributed by atoms with Crippen LogP contribution >= 0.6 is 0 Å². The number of imidazole rings is 1. The van der Waals surface area contributed by atoms with Crippen molar-refractivity contribution in [2.45, 2.75) is 6.54 Å². The van der Waals surface area contributed by atoms with Gasteiger partial charge in [-0.2, -0.15) is 0 Å². The first-order chi connectivity index (χ1) is 9.67. The normalized spacial score (nSPS) is 10.9. The number of rotatable bonds is 3. The average molecular weight is 272 g/mol. The summed E-state index contributed by atoms with van der Waals surface area (Å²) in [6, 6.07) is 8.08. The van der Waals surface area contributed by atoms with Gasteiger partial charge < -0.3 is 15.0 Å². The Kier molecular flexibility index (Phi) is 2.98. The SMILES string of the molecule is COc1cc(Cn2c(N)nc3ccc(F)cc32)ccn1. The number of benzene rings is 1. The lowest BCUT2D eigenvalue weighted by molar-refractivity contribution is 0.397. The molecule has 20 heavy (non-hydrogen) atoms. The van der Waals surface area contributed by atoms with E-state index in [0.29, 0.717) is 29.4 Å². The van der Waals surface area contributed by atoms with Crippen LogP contribution in [-0.4, -0.2) is 21.6 Å². The van der Waals surface area contributed by atoms with Gasteiger partial charge >= 0.3 is 0 Å². The molecule has 0 spiro atoms. The number of nitrogens with two attached hydrogens (primary N) is 1. The standard InChI is InChI=1S/C14H13FN4O/c1-20-13-6-9(4-5-17-13)8-19-12-7-10(15)2-3-11(12)18-14(19)16/h2-7H,8H2,1H3,(H2,16,18). The molecular weight excluding hydrogens is 259 g/mol. The predicted octanol–water partition coefficient (Wildman–Crippen LogP) is 2.21. The van der Waals surface area contributed by atoms with E-state index in [2.05, 4.69) is 9.97 Å². The quantitative estimate of drug-likeness (QED) is 0.794. The highest BCUT2D eigenvalue weighted by molar-refractivity contribution is 5.78. The van der Waals surface area contributed by atoms with Crippen molar-refractivity contribution in [3.05, 3.63) is 47.9 Å². The summed E-state index contributed by atoms with van der Waals surface area (Å²) in [5, 5.41) is 0. The molecule has 2 heterocycles. The number of aromatic nitrogens is 3. The first kappa shape index (κ1) is 12.4. The van der Waals surface area contributed by atoms with Crippen molar-refractivity contribution >= 4 is 17.0 Å². The lowest BCUT2D eigenvalue weighted by Gasteiger charge is -2.07. The third kappa shape index (κ3) is 2.16. The van der Waals surface area contributed by atoms with Crippen molar-refractivity contribution in [2.75, 3.05) is 12.8 Å². The van der Waals surface area contributed by atoms with Crippen molar-refractivity contribution in [1.29, 1.82) is 0 Å². The molecule has 0 saturated carbocycles. The summed E-state index contributed by atoms with van der Waals surface area (Å²) < 4.78 is 20.2. The number of nitrogens with zero attached hydrogens (tertiary/aromatic N) is 3. The van der Waals surface area contributed by atoms with E-state index in [1.807, 2.05) is 12.1 Å². The van der Waals surface area contributed by atoms with Crippen LogP contribution in [0.2, 0.25) is 0 Å². The monoisotopic (exact) mass is 272 g/mol. The first-order valence-electron chi connectivity index (χ1n) is 6.07. The molecular formula is C14H13FN4O. The van der Waals surface area contributed by atoms with Gasteiger partial charge in [0.1, 0.15) is 5.82 Å². The molecule has 0 unspecified atom stereocenters. The van der Waals surface area contributed by atoms with Crippen LogP contribution in [0.25, 0.3) is 11.0 Å². The van der Waals surface area contributed by atoms with Gasteiger partial charge in [0.15, 0.2) is 0 Å². The van der Waals surface area contributed by atoms with E-state index in [1.54, 1.807) is 23.9 Å². The fourth-order valence-electron chi connectivity index (χ4n) is 2.12. The second-order valence-electron chi connectivity index (χ2n) is 4.40. The third-order valence-corrected chi connectivity index (χ3v) is 3.09. The van der Waals surface area contributed by atoms with Crippen LogP contribution in [0.3, 0.4) is 0 Å². The molecule has 0 aliphatic carbocycles. The van der Waals surface area contributed by atoms with Crippen molar-refractivity contribution in [1.82, 2.24) is 14.5 Å². The van der Waals surface area contributed by atoms with Crippen LogP contribution in [0.4, 0.5) is 10.3 Å². The number of pyridine rings is 1. The highest BCUT2D eigenvalue weighted by Gasteiger charge is 2.10. The maximum atomic E-state index is 13.4. The molecule has 0 radical (unpaired) electrons. The minimum Gasteiger partial charge on any atom is -0.481 e. The molecule has 2 N–H and O–H groups in total. The van der Waals surface area contributed by atoms with Crippen LogP contribution in [0.1, 0.15) is 5.56 Å². The smallest absolute Gasteiger partial charge is 0.213 e. The Hall–Kier alpha value is -2.63. The van der Waals surface area contributed by atoms with Crippen molar-refractivity contribution < 1.29 is 9.13 Å². The second kappa shape index (κ2) is 4.80. The zero-order valence-electron chi connectivity index (χ0n) is 10.9. The highest BCUT2D eigenvalue weighted by atomic mass is 19.1. The van der Waals surface area contributed by atoms with Gasteiger partial charge in [0.05, 0.1) is 24.7 Å². The van der Waals surface area contributed by atoms with E-state index >= 15 is 0 Å². The Balaban J connectivity index is 2.05. The van der Waals surface area contributed by atoms with E-state index < -0.39 is 0 Å². The molecule has 0 bridgehead atoms. The number of anilines is 1. The van der Waals surface area contributed by atoms with Crippen LogP contribution < -0.4 is 10.5 Å². The molecule has 2 aromatic heterocycles. The minimum absolute atomic E-state index is 0.314. The Morgan fingerprint density at radius 3 is 2.95 bits per heavy atom. The molecule has 0 aliphatic heterocycles. The summed E-state index contributed by atoms with van der Waals surface area (Å²) in [5.41, 5.74) is 8.19. The molecule has 0 fully saturated rings. The summed E-state index contributed by atoms with van der Waals surface area (Å²) in [4.78, 5) is 8.27. The Labute approximate surface area is 114 Å². The Bertz CT molecular complexity index is 769. The van der Waals surface area contributed by atoms with E-state index in [-0.39, 0.29) is 5.82 Å². The molecule has 6 heteroatoms. The van der Waals surface area contributed by atoms with E-state index in [9.17, 15) is 4.39 Å². The molecule has 3 rings (SSSR count). The molecule has 3 aromatic rings. The Morgan fingerprint density at radius 2 is 2.15 bits per heavy atom. The maximum absolute atomic E-state index is 13.4. The number of nitrogen functional groups attached to an aromatic ring is 1. The van der Waals surface area contributed by atoms with Crippen molar-refractivity contribution in [3.8, 4) is 5.88 Å². The van der Waals surface area contributed by atoms with Crippen LogP contribution in [0, 0.1) is 5.82 Å². The second-order valence-corrected chi connectivity index (χ2v) is 4.40. The third-order valence-electron chi connectivity index (χ3n) is 3.09. The number of fused-ring (bicyclic) bond motifs is 1. The number of methoxy groups -OCH3 is 1. The first-order valence-corrected chi connectivity index (χ1v) is 6.07. The fourth-order valence-corrected chi connectivity index (χ4v) is 2.12. The van der Waals surface area contributed by atoms with E-state index in [1.165, 1.54) is 12.1 Å². The van der Waals surface area contributed by atoms with Gasteiger partial charge in [-0.3, -0.25) is 0 Å². The van der Waals surface area contributed by atoms with Gasteiger partial charge in [-0.25, -0.2) is 14.4 Å². The molecule has 102 valence electrons. The van der Waals surface area contributed by atoms with Crippen molar-refractivity contribution in [3.63, 3.8) is 0 Å². The molecule has 0 atom stereocenters. The van der Waals surface area contributed by atoms with Gasteiger partial charge in [-0.05, 0) is 29.8 Å². The lowest BCUT2D eigenvalue weighted by atomic mass is 10.2. The van der Waals surface area contributed by atoms with E-state index in [4.69, 9.17) is 10.5 Å². The highest BCUT2D eigenvalue weighted by Crippen LogP contribution is 2.21. The fraction of sp³-hybridized carbons (Fsp3) is 0.143. The predicted molar refractivity (Wildman–Crippen MR) is 74.0 cm³/mol. The van der Waals surface area contributed by atoms with Crippen molar-refractivity contribution in [2.24, 2.45) is 0 Å². The van der Waals surface area contributed by atoms with Crippen LogP contribution in [-0.2, 0) is 6.54 Å². The Morgan fingerprint density at radius 1 is 1.30 bits per heavy atom. The average Bonchev–Trinajstić information content (AvgIpc) is 2.75. The summed E-state index contributed by atoms with van der Waals surface area (Å²) in [7, 11) is 1.56. The number of ether oxygens (including phenoxy) is 1. The largest absolute Gasteiger partial charge is 0.481 e. The van der Waals surface area contributed by atoms with E-state index in [0.717, 1.165) is 5.56 Å². The molecule has 5 nitrogen and oxygen atoms in total. The summed E-state index contributed by atoms with van der Waals surface area (Å²) in [5.74, 6) is 0.559. The van der Waals surface area contributed by atoms with Crippen LogP contribution in [0.15, 0.2) is 36.5 Å². The summed E-state index contributed by atoms with van der Waals surface area (Å²) in [6.45, 7) is 0.477. The summed E-state index contributed by atoms with van der Waals surface area (Å²) in [6.07, 6.45) is 1.66. The number of hydrogen-bond donors (Lipinski definition) is 1. The van der Waals surface area contributed by atoms with Gasteiger partial charge in [-0.15, -0.1) is 0 Å². The molecule has 0 aliphatic rings. The van der Waals surface area contributed by atoms with Gasteiger partial charge in [-0.1, -0.05) is 0 Å². The van der Waals surface area contributed by atoms with Gasteiger partial charge in [0.2, 0.25) is 11.8 Å². The van der Waals surface area contributed by atoms with Gasteiger partial charge in [0, 0.05) is 12.3 Å². The van der Waals surface area contributed by atoms with Gasteiger partial charge in [0.25, 0.3) is 0 Å². The maximum Gasteiger partial charge on any atom is 0.213 e. The molecule has 1 aromatic carbocycles. The topological polar surface area (TPSA) is 66.0 Å². The van der Waals surface area contributed by atoms with Crippen LogP contribution in [0.5, 0.6) is 5.88 Å². The molecule has 0 amide bonds. The lowest BCUT2D eigenvalue weighted by Crippen LogP contribution is -2.05. The zero-order valence-corrected chi connectivity index (χ0v) is 10.9. The molecule has 0 saturated heterocycles. The minimum atomic E-state index is -0.314. The zero-order chi connectivity index (χ0) is 14.1. The summed E-state index contributed by atoms with van der Waals surface area (Å²) >= 11 is 0. The number of hydrogen-bond acceptors (Lipinski definition) is 4. The number of halogens is 1.